The van der Waals surface area contributed by atoms with Crippen molar-refractivity contribution >= 4 is 5.97 Å². The molecule has 0 spiro atoms. The largest absolute Gasteiger partial charge is 0.461 e. The number of aliphatic hydroxyl groups is 1. The molecule has 1 heterocycles. The Morgan fingerprint density at radius 2 is 2.05 bits per heavy atom. The number of benzene rings is 1. The number of ether oxygens (including phenoxy) is 1. The molecule has 4 nitrogen and oxygen atoms in total. The van der Waals surface area contributed by atoms with E-state index in [-0.39, 0.29) is 12.6 Å². The van der Waals surface area contributed by atoms with Crippen molar-refractivity contribution in [1.29, 1.82) is 0 Å². The Kier molecular flexibility index (Phi) is 4.36. The minimum atomic E-state index is -0.343. The third-order valence-electron chi connectivity index (χ3n) is 2.92. The van der Waals surface area contributed by atoms with Gasteiger partial charge in [0.1, 0.15) is 5.69 Å². The van der Waals surface area contributed by atoms with E-state index >= 15 is 0 Å². The number of aromatic amines is 1. The average molecular weight is 259 g/mol. The van der Waals surface area contributed by atoms with Crippen molar-refractivity contribution < 1.29 is 14.6 Å². The maximum atomic E-state index is 11.5. The number of aromatic nitrogens is 1. The molecule has 100 valence electrons. The number of nitrogens with one attached hydrogen (secondary N) is 1. The second-order valence-electron chi connectivity index (χ2n) is 4.25. The van der Waals surface area contributed by atoms with E-state index in [2.05, 4.69) is 4.98 Å². The van der Waals surface area contributed by atoms with E-state index in [1.165, 1.54) is 0 Å². The maximum Gasteiger partial charge on any atom is 0.354 e. The van der Waals surface area contributed by atoms with Gasteiger partial charge in [-0.25, -0.2) is 4.79 Å². The van der Waals surface area contributed by atoms with Crippen LogP contribution in [0.25, 0.3) is 0 Å². The van der Waals surface area contributed by atoms with Crippen LogP contribution in [0.15, 0.2) is 36.5 Å². The number of rotatable bonds is 5. The summed E-state index contributed by atoms with van der Waals surface area (Å²) in [6.45, 7) is 2.16. The molecular formula is C15H17NO3. The Morgan fingerprint density at radius 3 is 2.74 bits per heavy atom. The molecular weight excluding hydrogens is 242 g/mol. The van der Waals surface area contributed by atoms with Gasteiger partial charge in [0, 0.05) is 6.20 Å². The van der Waals surface area contributed by atoms with Crippen molar-refractivity contribution in [3.63, 3.8) is 0 Å². The summed E-state index contributed by atoms with van der Waals surface area (Å²) in [4.78, 5) is 14.5. The van der Waals surface area contributed by atoms with Crippen LogP contribution in [0, 0.1) is 0 Å². The maximum absolute atomic E-state index is 11.5. The van der Waals surface area contributed by atoms with Crippen molar-refractivity contribution in [1.82, 2.24) is 4.98 Å². The lowest BCUT2D eigenvalue weighted by molar-refractivity contribution is 0.0520. The number of hydrogen-bond acceptors (Lipinski definition) is 3. The minimum Gasteiger partial charge on any atom is -0.461 e. The minimum absolute atomic E-state index is 0.0192. The van der Waals surface area contributed by atoms with Gasteiger partial charge in [0.2, 0.25) is 0 Å². The van der Waals surface area contributed by atoms with Crippen LogP contribution in [0.2, 0.25) is 0 Å². The van der Waals surface area contributed by atoms with E-state index in [9.17, 15) is 9.90 Å². The zero-order valence-corrected chi connectivity index (χ0v) is 10.8. The Bertz CT molecular complexity index is 560. The summed E-state index contributed by atoms with van der Waals surface area (Å²) >= 11 is 0. The monoisotopic (exact) mass is 259 g/mol. The summed E-state index contributed by atoms with van der Waals surface area (Å²) in [7, 11) is 0. The van der Waals surface area contributed by atoms with Crippen LogP contribution < -0.4 is 0 Å². The summed E-state index contributed by atoms with van der Waals surface area (Å²) in [5, 5.41) is 9.28. The molecule has 0 aliphatic rings. The van der Waals surface area contributed by atoms with Crippen molar-refractivity contribution in [2.24, 2.45) is 0 Å². The first-order chi connectivity index (χ1) is 9.24. The van der Waals surface area contributed by atoms with E-state index in [0.717, 1.165) is 16.7 Å². The fourth-order valence-electron chi connectivity index (χ4n) is 1.97. The predicted octanol–water partition coefficient (Wildman–Crippen LogP) is 2.27. The van der Waals surface area contributed by atoms with Crippen LogP contribution in [-0.4, -0.2) is 22.7 Å². The summed E-state index contributed by atoms with van der Waals surface area (Å²) in [6, 6.07) is 9.49. The van der Waals surface area contributed by atoms with Crippen molar-refractivity contribution in [3.8, 4) is 0 Å². The molecule has 0 bridgehead atoms. The summed E-state index contributed by atoms with van der Waals surface area (Å²) in [6.07, 6.45) is 2.47. The van der Waals surface area contributed by atoms with Crippen LogP contribution in [-0.2, 0) is 17.8 Å². The summed E-state index contributed by atoms with van der Waals surface area (Å²) < 4.78 is 4.93. The van der Waals surface area contributed by atoms with E-state index in [1.807, 2.05) is 24.3 Å². The Hall–Kier alpha value is -2.07. The molecule has 0 aliphatic heterocycles. The molecule has 4 heteroatoms. The van der Waals surface area contributed by atoms with Crippen LogP contribution in [0.3, 0.4) is 0 Å². The lowest BCUT2D eigenvalue weighted by atomic mass is 10.0. The number of H-pyrrole nitrogens is 1. The lowest BCUT2D eigenvalue weighted by Gasteiger charge is -2.05. The molecule has 1 aromatic carbocycles. The van der Waals surface area contributed by atoms with E-state index in [4.69, 9.17) is 4.74 Å². The standard InChI is InChI=1S/C15H17NO3/c1-2-19-15(18)14-8-11(9-16-14)7-12-5-3-4-6-13(12)10-17/h3-6,8-9,16-17H,2,7,10H2,1H3. The number of aliphatic hydroxyl groups excluding tert-OH is 1. The van der Waals surface area contributed by atoms with Crippen LogP contribution in [0.4, 0.5) is 0 Å². The smallest absolute Gasteiger partial charge is 0.354 e. The molecule has 2 rings (SSSR count). The molecule has 19 heavy (non-hydrogen) atoms. The van der Waals surface area contributed by atoms with E-state index in [1.54, 1.807) is 19.2 Å². The Labute approximate surface area is 112 Å². The molecule has 0 unspecified atom stereocenters. The molecule has 0 radical (unpaired) electrons. The third-order valence-corrected chi connectivity index (χ3v) is 2.92. The zero-order valence-electron chi connectivity index (χ0n) is 10.8. The first-order valence-corrected chi connectivity index (χ1v) is 6.26. The molecule has 0 saturated carbocycles. The number of esters is 1. The van der Waals surface area contributed by atoms with Gasteiger partial charge >= 0.3 is 5.97 Å². The first kappa shape index (κ1) is 13.4. The van der Waals surface area contributed by atoms with Crippen LogP contribution >= 0.6 is 0 Å². The average Bonchev–Trinajstić information content (AvgIpc) is 2.88. The fraction of sp³-hybridized carbons (Fsp3) is 0.267. The quantitative estimate of drug-likeness (QED) is 0.810. The van der Waals surface area contributed by atoms with Gasteiger partial charge in [-0.15, -0.1) is 0 Å². The highest BCUT2D eigenvalue weighted by atomic mass is 16.5. The van der Waals surface area contributed by atoms with Gasteiger partial charge in [-0.1, -0.05) is 24.3 Å². The van der Waals surface area contributed by atoms with Gasteiger partial charge in [0.15, 0.2) is 0 Å². The Morgan fingerprint density at radius 1 is 1.32 bits per heavy atom. The van der Waals surface area contributed by atoms with Gasteiger partial charge in [0.25, 0.3) is 0 Å². The second kappa shape index (κ2) is 6.20. The Balaban J connectivity index is 2.13. The molecule has 0 fully saturated rings. The number of carbonyl (C=O) groups is 1. The van der Waals surface area contributed by atoms with Crippen molar-refractivity contribution in [3.05, 3.63) is 58.9 Å². The van der Waals surface area contributed by atoms with Crippen molar-refractivity contribution in [2.45, 2.75) is 20.0 Å². The van der Waals surface area contributed by atoms with E-state index < -0.39 is 0 Å². The highest BCUT2D eigenvalue weighted by Crippen LogP contribution is 2.15. The molecule has 0 saturated heterocycles. The van der Waals surface area contributed by atoms with Crippen LogP contribution in [0.5, 0.6) is 0 Å². The van der Waals surface area contributed by atoms with Gasteiger partial charge in [-0.2, -0.15) is 0 Å². The summed E-state index contributed by atoms with van der Waals surface area (Å²) in [5.41, 5.74) is 3.41. The predicted molar refractivity (Wildman–Crippen MR) is 71.9 cm³/mol. The second-order valence-corrected chi connectivity index (χ2v) is 4.25. The molecule has 0 atom stereocenters. The van der Waals surface area contributed by atoms with E-state index in [0.29, 0.717) is 18.7 Å². The highest BCUT2D eigenvalue weighted by molar-refractivity contribution is 5.87. The van der Waals surface area contributed by atoms with Gasteiger partial charge in [0.05, 0.1) is 13.2 Å². The molecule has 0 aliphatic carbocycles. The summed E-state index contributed by atoms with van der Waals surface area (Å²) in [5.74, 6) is -0.343. The normalized spacial score (nSPS) is 10.4. The SMILES string of the molecule is CCOC(=O)c1cc(Cc2ccccc2CO)c[nH]1. The number of carbonyl (C=O) groups excluding carboxylic acids is 1. The third kappa shape index (κ3) is 3.23. The first-order valence-electron chi connectivity index (χ1n) is 6.26. The molecule has 0 amide bonds. The van der Waals surface area contributed by atoms with Gasteiger partial charge in [-0.05, 0) is 36.1 Å². The van der Waals surface area contributed by atoms with Crippen LogP contribution in [0.1, 0.15) is 34.1 Å². The highest BCUT2D eigenvalue weighted by Gasteiger charge is 2.10. The zero-order chi connectivity index (χ0) is 13.7. The van der Waals surface area contributed by atoms with Gasteiger partial charge in [-0.3, -0.25) is 0 Å². The molecule has 2 N–H and O–H groups in total. The molecule has 1 aromatic heterocycles. The topological polar surface area (TPSA) is 62.3 Å². The fourth-order valence-corrected chi connectivity index (χ4v) is 1.97. The van der Waals surface area contributed by atoms with Gasteiger partial charge < -0.3 is 14.8 Å². The van der Waals surface area contributed by atoms with Crippen molar-refractivity contribution in [2.75, 3.05) is 6.61 Å². The molecule has 2 aromatic rings. The number of hydrogen-bond donors (Lipinski definition) is 2. The lowest BCUT2D eigenvalue weighted by Crippen LogP contribution is -2.04.